The molecular formula is C24H21N5. The quantitative estimate of drug-likeness (QED) is 0.559. The van der Waals surface area contributed by atoms with Crippen molar-refractivity contribution in [2.24, 2.45) is 12.0 Å². The summed E-state index contributed by atoms with van der Waals surface area (Å²) in [5.41, 5.74) is 10.3. The van der Waals surface area contributed by atoms with Crippen LogP contribution < -0.4 is 4.90 Å². The molecule has 0 amide bonds. The molecule has 0 saturated carbocycles. The van der Waals surface area contributed by atoms with E-state index in [0.29, 0.717) is 5.69 Å². The van der Waals surface area contributed by atoms with Gasteiger partial charge in [0.1, 0.15) is 0 Å². The van der Waals surface area contributed by atoms with Gasteiger partial charge in [-0.1, -0.05) is 18.2 Å². The summed E-state index contributed by atoms with van der Waals surface area (Å²) in [6.45, 7) is 11.0. The Kier molecular flexibility index (Phi) is 4.06. The third kappa shape index (κ3) is 2.94. The summed E-state index contributed by atoms with van der Waals surface area (Å²) in [6.07, 6.45) is 4.94. The number of nitrogens with zero attached hydrogens (tertiary/aromatic N) is 5. The van der Waals surface area contributed by atoms with Gasteiger partial charge in [-0.2, -0.15) is 5.10 Å². The maximum Gasteiger partial charge on any atom is 0.187 e. The summed E-state index contributed by atoms with van der Waals surface area (Å²) in [5, 5.41) is 4.33. The van der Waals surface area contributed by atoms with Gasteiger partial charge in [-0.3, -0.25) is 9.67 Å². The minimum absolute atomic E-state index is 0.666. The van der Waals surface area contributed by atoms with Gasteiger partial charge in [-0.05, 0) is 48.7 Å². The lowest BCUT2D eigenvalue weighted by Gasteiger charge is -2.26. The standard InChI is InChI=1S/C24H21N5/c1-16-24-18(13-26-16)10-11-29(21-7-5-20(25-2)6-8-21)23-9-4-17(12-22(23)24)19-14-27-28(3)15-19/h4-9,12,14-15H,10-11,13H2,1,3H3. The molecule has 0 saturated heterocycles. The maximum absolute atomic E-state index is 7.21. The number of allylic oxidation sites excluding steroid dienone is 1. The molecule has 0 N–H and O–H groups in total. The molecule has 0 fully saturated rings. The molecule has 0 unspecified atom stereocenters. The molecule has 5 rings (SSSR count). The zero-order valence-corrected chi connectivity index (χ0v) is 16.6. The second-order valence-electron chi connectivity index (χ2n) is 7.54. The average Bonchev–Trinajstić information content (AvgIpc) is 3.30. The molecular weight excluding hydrogens is 358 g/mol. The summed E-state index contributed by atoms with van der Waals surface area (Å²) in [6, 6.07) is 14.5. The molecule has 0 aliphatic carbocycles. The first kappa shape index (κ1) is 17.4. The topological polar surface area (TPSA) is 37.8 Å². The fourth-order valence-corrected chi connectivity index (χ4v) is 4.28. The molecule has 3 aromatic rings. The Morgan fingerprint density at radius 1 is 1.07 bits per heavy atom. The number of aromatic nitrogens is 2. The number of aliphatic imine (C=N–C) groups is 1. The van der Waals surface area contributed by atoms with Crippen LogP contribution in [-0.2, 0) is 7.05 Å². The highest BCUT2D eigenvalue weighted by molar-refractivity contribution is 6.27. The lowest BCUT2D eigenvalue weighted by Crippen LogP contribution is -2.18. The van der Waals surface area contributed by atoms with Crippen molar-refractivity contribution < 1.29 is 0 Å². The second kappa shape index (κ2) is 6.75. The van der Waals surface area contributed by atoms with E-state index in [-0.39, 0.29) is 0 Å². The number of fused-ring (bicyclic) bond motifs is 2. The zero-order valence-electron chi connectivity index (χ0n) is 16.6. The van der Waals surface area contributed by atoms with Crippen LogP contribution in [0.2, 0.25) is 0 Å². The van der Waals surface area contributed by atoms with E-state index in [0.717, 1.165) is 42.0 Å². The SMILES string of the molecule is [C-]#[N+]c1ccc(N2CCC3=C(C(C)=NC3)c3cc(-c4cnn(C)c4)ccc32)cc1. The predicted molar refractivity (Wildman–Crippen MR) is 118 cm³/mol. The van der Waals surface area contributed by atoms with Crippen molar-refractivity contribution in [3.8, 4) is 11.1 Å². The number of hydrogen-bond acceptors (Lipinski definition) is 3. The van der Waals surface area contributed by atoms with E-state index in [4.69, 9.17) is 11.6 Å². The molecule has 0 radical (unpaired) electrons. The second-order valence-corrected chi connectivity index (χ2v) is 7.54. The molecule has 29 heavy (non-hydrogen) atoms. The maximum atomic E-state index is 7.21. The normalized spacial score (nSPS) is 15.5. The Balaban J connectivity index is 1.67. The van der Waals surface area contributed by atoms with Crippen LogP contribution in [0.1, 0.15) is 18.9 Å². The highest BCUT2D eigenvalue weighted by atomic mass is 15.2. The van der Waals surface area contributed by atoms with E-state index in [1.54, 1.807) is 0 Å². The summed E-state index contributed by atoms with van der Waals surface area (Å²) >= 11 is 0. The van der Waals surface area contributed by atoms with E-state index in [2.05, 4.69) is 40.0 Å². The molecule has 3 heterocycles. The first-order valence-electron chi connectivity index (χ1n) is 9.76. The van der Waals surface area contributed by atoms with Crippen LogP contribution in [0.25, 0.3) is 21.5 Å². The van der Waals surface area contributed by atoms with Crippen molar-refractivity contribution in [1.29, 1.82) is 0 Å². The van der Waals surface area contributed by atoms with Gasteiger partial charge in [0.15, 0.2) is 5.69 Å². The lowest BCUT2D eigenvalue weighted by atomic mass is 9.94. The van der Waals surface area contributed by atoms with Crippen LogP contribution in [0.5, 0.6) is 0 Å². The number of rotatable bonds is 2. The number of benzene rings is 2. The number of anilines is 2. The van der Waals surface area contributed by atoms with Gasteiger partial charge in [-0.15, -0.1) is 0 Å². The van der Waals surface area contributed by atoms with Gasteiger partial charge in [-0.25, -0.2) is 4.85 Å². The summed E-state index contributed by atoms with van der Waals surface area (Å²) < 4.78 is 1.83. The molecule has 142 valence electrons. The summed E-state index contributed by atoms with van der Waals surface area (Å²) in [7, 11) is 1.94. The fraction of sp³-hybridized carbons (Fsp3) is 0.208. The zero-order chi connectivity index (χ0) is 20.0. The Morgan fingerprint density at radius 2 is 1.90 bits per heavy atom. The Morgan fingerprint density at radius 3 is 2.62 bits per heavy atom. The smallest absolute Gasteiger partial charge is 0.187 e. The highest BCUT2D eigenvalue weighted by Crippen LogP contribution is 2.42. The van der Waals surface area contributed by atoms with Crippen molar-refractivity contribution >= 4 is 28.3 Å². The highest BCUT2D eigenvalue weighted by Gasteiger charge is 2.27. The number of hydrogen-bond donors (Lipinski definition) is 0. The van der Waals surface area contributed by atoms with Crippen LogP contribution in [-0.4, -0.2) is 28.6 Å². The van der Waals surface area contributed by atoms with Crippen molar-refractivity contribution in [2.45, 2.75) is 13.3 Å². The molecule has 2 aromatic carbocycles. The number of aryl methyl sites for hydroxylation is 1. The molecule has 0 atom stereocenters. The van der Waals surface area contributed by atoms with Gasteiger partial charge < -0.3 is 4.90 Å². The van der Waals surface area contributed by atoms with E-state index in [1.165, 1.54) is 22.4 Å². The van der Waals surface area contributed by atoms with Crippen molar-refractivity contribution in [3.63, 3.8) is 0 Å². The molecule has 5 nitrogen and oxygen atoms in total. The Bertz CT molecular complexity index is 1200. The molecule has 0 spiro atoms. The minimum atomic E-state index is 0.666. The van der Waals surface area contributed by atoms with Crippen molar-refractivity contribution in [2.75, 3.05) is 18.0 Å². The monoisotopic (exact) mass is 379 g/mol. The van der Waals surface area contributed by atoms with Crippen molar-refractivity contribution in [1.82, 2.24) is 9.78 Å². The average molecular weight is 379 g/mol. The first-order valence-corrected chi connectivity index (χ1v) is 9.76. The molecule has 2 aliphatic heterocycles. The lowest BCUT2D eigenvalue weighted by molar-refractivity contribution is 0.768. The van der Waals surface area contributed by atoms with Crippen molar-refractivity contribution in [3.05, 3.63) is 77.4 Å². The van der Waals surface area contributed by atoms with Crippen LogP contribution in [0.3, 0.4) is 0 Å². The first-order chi connectivity index (χ1) is 14.1. The van der Waals surface area contributed by atoms with Gasteiger partial charge in [0.2, 0.25) is 0 Å². The summed E-state index contributed by atoms with van der Waals surface area (Å²) in [5.74, 6) is 0. The van der Waals surface area contributed by atoms with E-state index >= 15 is 0 Å². The van der Waals surface area contributed by atoms with Crippen LogP contribution >= 0.6 is 0 Å². The van der Waals surface area contributed by atoms with Crippen LogP contribution in [0, 0.1) is 6.57 Å². The third-order valence-corrected chi connectivity index (χ3v) is 5.75. The molecule has 0 bridgehead atoms. The van der Waals surface area contributed by atoms with Gasteiger partial charge in [0.25, 0.3) is 0 Å². The van der Waals surface area contributed by atoms with Gasteiger partial charge >= 0.3 is 0 Å². The third-order valence-electron chi connectivity index (χ3n) is 5.75. The van der Waals surface area contributed by atoms with E-state index < -0.39 is 0 Å². The van der Waals surface area contributed by atoms with Gasteiger partial charge in [0.05, 0.1) is 19.3 Å². The summed E-state index contributed by atoms with van der Waals surface area (Å²) in [4.78, 5) is 10.6. The van der Waals surface area contributed by atoms with Crippen LogP contribution in [0.4, 0.5) is 17.1 Å². The van der Waals surface area contributed by atoms with E-state index in [1.807, 2.05) is 48.4 Å². The largest absolute Gasteiger partial charge is 0.341 e. The van der Waals surface area contributed by atoms with Crippen LogP contribution in [0.15, 0.2) is 65.4 Å². The minimum Gasteiger partial charge on any atom is -0.341 e. The fourth-order valence-electron chi connectivity index (χ4n) is 4.28. The molecule has 1 aromatic heterocycles. The predicted octanol–water partition coefficient (Wildman–Crippen LogP) is 5.41. The van der Waals surface area contributed by atoms with Gasteiger partial charge in [0, 0.05) is 53.6 Å². The Labute approximate surface area is 170 Å². The molecule has 2 aliphatic rings. The Hall–Kier alpha value is -3.65. The molecule has 5 heteroatoms. The van der Waals surface area contributed by atoms with E-state index in [9.17, 15) is 0 Å².